The molecule has 0 aliphatic heterocycles. The Labute approximate surface area is 309 Å². The van der Waals surface area contributed by atoms with Crippen molar-refractivity contribution in [3.63, 3.8) is 0 Å². The topological polar surface area (TPSA) is 102 Å². The fourth-order valence-corrected chi connectivity index (χ4v) is 5.31. The summed E-state index contributed by atoms with van der Waals surface area (Å²) >= 11 is 2.94. The Morgan fingerprint density at radius 2 is 0.938 bits per heavy atom. The van der Waals surface area contributed by atoms with Crippen molar-refractivity contribution >= 4 is 34.3 Å². The third-order valence-corrected chi connectivity index (χ3v) is 8.98. The van der Waals surface area contributed by atoms with Gasteiger partial charge in [0.1, 0.15) is 15.8 Å². The molecule has 2 aromatic carbocycles. The number of alkyl halides is 1. The molecular weight excluding hydrogens is 711 g/mol. The number of aromatic hydroxyl groups is 2. The molecule has 2 aromatic rings. The van der Waals surface area contributed by atoms with Gasteiger partial charge in [0.05, 0.1) is 12.1 Å². The quantitative estimate of drug-likeness (QED) is 0.208. The summed E-state index contributed by atoms with van der Waals surface area (Å²) in [5, 5.41) is 30.7. The van der Waals surface area contributed by atoms with Gasteiger partial charge in [-0.2, -0.15) is 0 Å². The van der Waals surface area contributed by atoms with Crippen LogP contribution < -0.4 is 0 Å². The van der Waals surface area contributed by atoms with E-state index >= 15 is 0 Å². The SMILES string of the molecule is CC(C)(Br)C(=O)O.CC(C)(C)c1cc(C=NC2CCCCC2N=Cc2cc(C(C)(C)C)cc(C(C)(C)C)c2O)c(O)c(C(C)(C)C)c1.[Co]. The number of nitrogens with zero attached hydrogens (tertiary/aromatic N) is 2. The number of phenolic OH excluding ortho intramolecular Hbond substituents is 2. The molecular formula is C40H61BrCoN2O4. The number of carboxylic acids is 1. The van der Waals surface area contributed by atoms with Crippen LogP contribution in [0.3, 0.4) is 0 Å². The van der Waals surface area contributed by atoms with E-state index in [0.717, 1.165) is 47.9 Å². The summed E-state index contributed by atoms with van der Waals surface area (Å²) in [5.74, 6) is -0.204. The molecule has 0 heterocycles. The summed E-state index contributed by atoms with van der Waals surface area (Å²) in [5.41, 5.74) is 5.39. The van der Waals surface area contributed by atoms with E-state index in [1.807, 2.05) is 12.4 Å². The molecule has 48 heavy (non-hydrogen) atoms. The van der Waals surface area contributed by atoms with Crippen molar-refractivity contribution in [3.05, 3.63) is 57.6 Å². The summed E-state index contributed by atoms with van der Waals surface area (Å²) in [6.07, 6.45) is 7.90. The molecule has 0 spiro atoms. The summed E-state index contributed by atoms with van der Waals surface area (Å²) < 4.78 is -0.771. The van der Waals surface area contributed by atoms with Crippen molar-refractivity contribution in [2.75, 3.05) is 0 Å². The van der Waals surface area contributed by atoms with Gasteiger partial charge in [0.25, 0.3) is 0 Å². The summed E-state index contributed by atoms with van der Waals surface area (Å²) in [6.45, 7) is 29.2. The van der Waals surface area contributed by atoms with Gasteiger partial charge >= 0.3 is 5.97 Å². The average molecular weight is 773 g/mol. The molecule has 2 unspecified atom stereocenters. The molecule has 6 nitrogen and oxygen atoms in total. The normalized spacial score (nSPS) is 18.0. The van der Waals surface area contributed by atoms with Gasteiger partial charge in [0, 0.05) is 51.5 Å². The molecule has 3 rings (SSSR count). The van der Waals surface area contributed by atoms with E-state index in [0.29, 0.717) is 11.5 Å². The van der Waals surface area contributed by atoms with Crippen LogP contribution in [0.1, 0.15) is 156 Å². The number of hydrogen-bond donors (Lipinski definition) is 3. The van der Waals surface area contributed by atoms with Gasteiger partial charge in [0.2, 0.25) is 0 Å². The average Bonchev–Trinajstić information content (AvgIpc) is 2.89. The van der Waals surface area contributed by atoms with E-state index in [4.69, 9.17) is 15.1 Å². The van der Waals surface area contributed by atoms with Crippen LogP contribution in [0.2, 0.25) is 0 Å². The Hall–Kier alpha value is -2.16. The van der Waals surface area contributed by atoms with Gasteiger partial charge < -0.3 is 15.3 Å². The Morgan fingerprint density at radius 1 is 0.646 bits per heavy atom. The second-order valence-corrected chi connectivity index (χ2v) is 19.7. The molecule has 271 valence electrons. The third kappa shape index (κ3) is 12.3. The molecule has 1 saturated carbocycles. The van der Waals surface area contributed by atoms with Gasteiger partial charge in [0.15, 0.2) is 0 Å². The smallest absolute Gasteiger partial charge is 0.319 e. The number of carboxylic acid groups (broad SMARTS) is 1. The first-order valence-electron chi connectivity index (χ1n) is 16.9. The standard InChI is InChI=1S/C36H54N2O2.C4H7BrO2.Co/c1-33(2,3)25-17-23(31(39)27(19-25)35(7,8)9)21-37-29-15-13-14-16-30(29)38-22-24-18-26(34(4,5)6)20-28(32(24)40)36(10,11)12;1-4(2,5)3(6)7;/h17-22,29-30,39-40H,13-16H2,1-12H3;1-2H3,(H,6,7);. The van der Waals surface area contributed by atoms with Crippen molar-refractivity contribution < 1.29 is 36.9 Å². The second kappa shape index (κ2) is 16.2. The largest absolute Gasteiger partial charge is 0.507 e. The van der Waals surface area contributed by atoms with Crippen LogP contribution in [0.5, 0.6) is 11.5 Å². The van der Waals surface area contributed by atoms with Crippen molar-refractivity contribution in [2.24, 2.45) is 9.98 Å². The Balaban J connectivity index is 0.00000130. The van der Waals surface area contributed by atoms with Crippen LogP contribution in [0, 0.1) is 0 Å². The first kappa shape index (κ1) is 43.9. The Kier molecular flexibility index (Phi) is 14.8. The number of benzene rings is 2. The minimum atomic E-state index is -0.840. The van der Waals surface area contributed by atoms with Crippen LogP contribution in [-0.2, 0) is 43.2 Å². The predicted molar refractivity (Wildman–Crippen MR) is 203 cm³/mol. The number of hydrogen-bond acceptors (Lipinski definition) is 5. The number of halogens is 1. The van der Waals surface area contributed by atoms with E-state index in [-0.39, 0.29) is 50.5 Å². The van der Waals surface area contributed by atoms with Crippen LogP contribution in [0.25, 0.3) is 0 Å². The van der Waals surface area contributed by atoms with E-state index in [9.17, 15) is 15.0 Å². The zero-order valence-corrected chi connectivity index (χ0v) is 34.4. The number of aliphatic imine (C=N–C) groups is 2. The molecule has 2 atom stereocenters. The molecule has 1 fully saturated rings. The van der Waals surface area contributed by atoms with Gasteiger partial charge in [-0.1, -0.05) is 124 Å². The molecule has 1 radical (unpaired) electrons. The van der Waals surface area contributed by atoms with Gasteiger partial charge in [-0.25, -0.2) is 0 Å². The van der Waals surface area contributed by atoms with Gasteiger partial charge in [-0.3, -0.25) is 14.8 Å². The van der Waals surface area contributed by atoms with Gasteiger partial charge in [-0.05, 0) is 71.6 Å². The first-order chi connectivity index (χ1) is 21.1. The molecule has 0 aromatic heterocycles. The molecule has 3 N–H and O–H groups in total. The van der Waals surface area contributed by atoms with E-state index < -0.39 is 10.3 Å². The molecule has 0 amide bonds. The minimum absolute atomic E-state index is 0. The van der Waals surface area contributed by atoms with E-state index in [1.54, 1.807) is 13.8 Å². The summed E-state index contributed by atoms with van der Waals surface area (Å²) in [7, 11) is 0. The predicted octanol–water partition coefficient (Wildman–Crippen LogP) is 10.4. The maximum atomic E-state index is 11.2. The molecule has 0 saturated heterocycles. The first-order valence-corrected chi connectivity index (χ1v) is 17.7. The maximum Gasteiger partial charge on any atom is 0.319 e. The van der Waals surface area contributed by atoms with E-state index in [1.165, 1.54) is 11.1 Å². The van der Waals surface area contributed by atoms with Crippen LogP contribution >= 0.6 is 15.9 Å². The number of aliphatic carboxylic acids is 1. The molecule has 1 aliphatic carbocycles. The second-order valence-electron chi connectivity index (χ2n) is 17.7. The van der Waals surface area contributed by atoms with Crippen LogP contribution in [-0.4, -0.2) is 50.1 Å². The van der Waals surface area contributed by atoms with Crippen LogP contribution in [0.4, 0.5) is 0 Å². The number of carbonyl (C=O) groups is 1. The molecule has 1 aliphatic rings. The molecule has 0 bridgehead atoms. The zero-order chi connectivity index (χ0) is 36.3. The zero-order valence-electron chi connectivity index (χ0n) is 31.8. The summed E-state index contributed by atoms with van der Waals surface area (Å²) in [4.78, 5) is 20.0. The Bertz CT molecular complexity index is 1360. The third-order valence-electron chi connectivity index (χ3n) is 8.64. The number of rotatable bonds is 5. The maximum absolute atomic E-state index is 11.2. The monoisotopic (exact) mass is 771 g/mol. The number of phenols is 2. The fraction of sp³-hybridized carbons (Fsp3) is 0.625. The van der Waals surface area contributed by atoms with Crippen LogP contribution in [0.15, 0.2) is 34.3 Å². The van der Waals surface area contributed by atoms with Crippen molar-refractivity contribution in [1.82, 2.24) is 0 Å². The van der Waals surface area contributed by atoms with Crippen molar-refractivity contribution in [2.45, 2.75) is 161 Å². The van der Waals surface area contributed by atoms with Crippen molar-refractivity contribution in [3.8, 4) is 11.5 Å². The van der Waals surface area contributed by atoms with E-state index in [2.05, 4.69) is 123 Å². The minimum Gasteiger partial charge on any atom is -0.507 e. The fourth-order valence-electron chi connectivity index (χ4n) is 5.31. The Morgan fingerprint density at radius 3 is 1.17 bits per heavy atom. The molecule has 8 heteroatoms. The van der Waals surface area contributed by atoms with Gasteiger partial charge in [-0.15, -0.1) is 0 Å². The van der Waals surface area contributed by atoms with Crippen molar-refractivity contribution in [1.29, 1.82) is 0 Å². The summed E-state index contributed by atoms with van der Waals surface area (Å²) in [6, 6.07) is 8.53.